The predicted octanol–water partition coefficient (Wildman–Crippen LogP) is 2.26. The van der Waals surface area contributed by atoms with Crippen molar-refractivity contribution < 1.29 is 9.32 Å². The number of para-hydroxylation sites is 1. The third kappa shape index (κ3) is 2.76. The molecule has 1 aromatic heterocycles. The summed E-state index contributed by atoms with van der Waals surface area (Å²) in [6, 6.07) is 7.38. The first-order valence-corrected chi connectivity index (χ1v) is 6.10. The van der Waals surface area contributed by atoms with Gasteiger partial charge in [0, 0.05) is 24.8 Å². The maximum atomic E-state index is 12.1. The molecule has 0 aliphatic heterocycles. The average molecular weight is 259 g/mol. The molecule has 2 aromatic rings. The number of nitrogens with one attached hydrogen (secondary N) is 2. The standard InChI is InChI=1S/C14H17N3O2/c1-9-12(10(2)19-17-9)8-16-14(18)11-6-4-5-7-13(11)15-3/h4-7,15H,8H2,1-3H3,(H,16,18). The summed E-state index contributed by atoms with van der Waals surface area (Å²) in [4.78, 5) is 12.1. The second-order valence-electron chi connectivity index (χ2n) is 4.28. The Morgan fingerprint density at radius 2 is 2.05 bits per heavy atom. The van der Waals surface area contributed by atoms with Crippen molar-refractivity contribution in [3.63, 3.8) is 0 Å². The van der Waals surface area contributed by atoms with Crippen LogP contribution in [-0.4, -0.2) is 18.1 Å². The molecule has 2 rings (SSSR count). The molecule has 0 fully saturated rings. The molecule has 1 aromatic carbocycles. The number of nitrogens with zero attached hydrogens (tertiary/aromatic N) is 1. The highest BCUT2D eigenvalue weighted by Crippen LogP contribution is 2.15. The van der Waals surface area contributed by atoms with Crippen LogP contribution in [0.15, 0.2) is 28.8 Å². The van der Waals surface area contributed by atoms with Crippen LogP contribution in [0.5, 0.6) is 0 Å². The maximum Gasteiger partial charge on any atom is 0.253 e. The smallest absolute Gasteiger partial charge is 0.253 e. The minimum absolute atomic E-state index is 0.120. The van der Waals surface area contributed by atoms with Gasteiger partial charge in [-0.1, -0.05) is 17.3 Å². The summed E-state index contributed by atoms with van der Waals surface area (Å²) in [5, 5.41) is 9.74. The van der Waals surface area contributed by atoms with Gasteiger partial charge in [0.25, 0.3) is 5.91 Å². The summed E-state index contributed by atoms with van der Waals surface area (Å²) in [6.45, 7) is 4.11. The van der Waals surface area contributed by atoms with Gasteiger partial charge in [0.1, 0.15) is 5.76 Å². The van der Waals surface area contributed by atoms with Crippen LogP contribution in [-0.2, 0) is 6.54 Å². The summed E-state index contributed by atoms with van der Waals surface area (Å²) in [6.07, 6.45) is 0. The number of hydrogen-bond donors (Lipinski definition) is 2. The molecule has 0 spiro atoms. The molecule has 0 atom stereocenters. The molecule has 0 saturated carbocycles. The van der Waals surface area contributed by atoms with Crippen molar-refractivity contribution in [3.8, 4) is 0 Å². The largest absolute Gasteiger partial charge is 0.387 e. The highest BCUT2D eigenvalue weighted by Gasteiger charge is 2.13. The lowest BCUT2D eigenvalue weighted by atomic mass is 10.1. The third-order valence-electron chi connectivity index (χ3n) is 3.05. The number of hydrogen-bond acceptors (Lipinski definition) is 4. The Morgan fingerprint density at radius 3 is 2.68 bits per heavy atom. The van der Waals surface area contributed by atoms with Gasteiger partial charge < -0.3 is 15.2 Å². The zero-order valence-corrected chi connectivity index (χ0v) is 11.3. The molecule has 19 heavy (non-hydrogen) atoms. The van der Waals surface area contributed by atoms with Crippen LogP contribution in [0.25, 0.3) is 0 Å². The van der Waals surface area contributed by atoms with E-state index in [0.717, 1.165) is 22.7 Å². The van der Waals surface area contributed by atoms with E-state index in [1.54, 1.807) is 13.1 Å². The van der Waals surface area contributed by atoms with E-state index < -0.39 is 0 Å². The number of carbonyl (C=O) groups is 1. The Hall–Kier alpha value is -2.30. The van der Waals surface area contributed by atoms with Crippen LogP contribution in [0, 0.1) is 13.8 Å². The highest BCUT2D eigenvalue weighted by molar-refractivity contribution is 5.99. The normalized spacial score (nSPS) is 10.3. The Balaban J connectivity index is 2.10. The fourth-order valence-electron chi connectivity index (χ4n) is 1.92. The molecule has 1 amide bonds. The van der Waals surface area contributed by atoms with Crippen LogP contribution >= 0.6 is 0 Å². The van der Waals surface area contributed by atoms with E-state index in [1.165, 1.54) is 0 Å². The van der Waals surface area contributed by atoms with Gasteiger partial charge >= 0.3 is 0 Å². The number of carbonyl (C=O) groups excluding carboxylic acids is 1. The number of aryl methyl sites for hydroxylation is 2. The molecule has 0 aliphatic carbocycles. The van der Waals surface area contributed by atoms with Crippen molar-refractivity contribution in [2.45, 2.75) is 20.4 Å². The highest BCUT2D eigenvalue weighted by atomic mass is 16.5. The van der Waals surface area contributed by atoms with Crippen LogP contribution in [0.3, 0.4) is 0 Å². The van der Waals surface area contributed by atoms with Gasteiger partial charge in [-0.2, -0.15) is 0 Å². The first-order chi connectivity index (χ1) is 9.13. The molecule has 0 saturated heterocycles. The van der Waals surface area contributed by atoms with Crippen LogP contribution in [0.2, 0.25) is 0 Å². The van der Waals surface area contributed by atoms with Gasteiger partial charge in [-0.3, -0.25) is 4.79 Å². The molecule has 100 valence electrons. The van der Waals surface area contributed by atoms with Gasteiger partial charge in [0.15, 0.2) is 0 Å². The molecule has 2 N–H and O–H groups in total. The zero-order valence-electron chi connectivity index (χ0n) is 11.3. The Morgan fingerprint density at radius 1 is 1.32 bits per heavy atom. The predicted molar refractivity (Wildman–Crippen MR) is 73.1 cm³/mol. The first-order valence-electron chi connectivity index (χ1n) is 6.10. The molecule has 0 unspecified atom stereocenters. The SMILES string of the molecule is CNc1ccccc1C(=O)NCc1c(C)noc1C. The third-order valence-corrected chi connectivity index (χ3v) is 3.05. The first kappa shape index (κ1) is 13.1. The molecule has 0 aliphatic rings. The van der Waals surface area contributed by atoms with E-state index >= 15 is 0 Å². The summed E-state index contributed by atoms with van der Waals surface area (Å²) in [7, 11) is 1.79. The minimum atomic E-state index is -0.120. The van der Waals surface area contributed by atoms with E-state index in [2.05, 4.69) is 15.8 Å². The van der Waals surface area contributed by atoms with Crippen molar-refractivity contribution in [2.75, 3.05) is 12.4 Å². The number of benzene rings is 1. The van der Waals surface area contributed by atoms with Crippen molar-refractivity contribution in [1.29, 1.82) is 0 Å². The van der Waals surface area contributed by atoms with E-state index in [9.17, 15) is 4.79 Å². The Bertz CT molecular complexity index is 571. The Kier molecular flexibility index (Phi) is 3.85. The molecular formula is C14H17N3O2. The molecule has 0 radical (unpaired) electrons. The second kappa shape index (κ2) is 5.56. The van der Waals surface area contributed by atoms with Crippen molar-refractivity contribution in [2.24, 2.45) is 0 Å². The molecule has 0 bridgehead atoms. The van der Waals surface area contributed by atoms with E-state index in [-0.39, 0.29) is 5.91 Å². The van der Waals surface area contributed by atoms with Crippen LogP contribution in [0.1, 0.15) is 27.4 Å². The molecule has 1 heterocycles. The van der Waals surface area contributed by atoms with Crippen molar-refractivity contribution >= 4 is 11.6 Å². The quantitative estimate of drug-likeness (QED) is 0.883. The lowest BCUT2D eigenvalue weighted by Gasteiger charge is -2.09. The molecule has 5 nitrogen and oxygen atoms in total. The van der Waals surface area contributed by atoms with Crippen molar-refractivity contribution in [3.05, 3.63) is 46.8 Å². The fourth-order valence-corrected chi connectivity index (χ4v) is 1.92. The van der Waals surface area contributed by atoms with Gasteiger partial charge in [-0.05, 0) is 26.0 Å². The zero-order chi connectivity index (χ0) is 13.8. The lowest BCUT2D eigenvalue weighted by Crippen LogP contribution is -2.24. The van der Waals surface area contributed by atoms with Gasteiger partial charge in [-0.25, -0.2) is 0 Å². The lowest BCUT2D eigenvalue weighted by molar-refractivity contribution is 0.0951. The van der Waals surface area contributed by atoms with Gasteiger partial charge in [-0.15, -0.1) is 0 Å². The van der Waals surface area contributed by atoms with Crippen LogP contribution in [0.4, 0.5) is 5.69 Å². The second-order valence-corrected chi connectivity index (χ2v) is 4.28. The average Bonchev–Trinajstić information content (AvgIpc) is 2.75. The van der Waals surface area contributed by atoms with Crippen molar-refractivity contribution in [1.82, 2.24) is 10.5 Å². The maximum absolute atomic E-state index is 12.1. The molecular weight excluding hydrogens is 242 g/mol. The summed E-state index contributed by atoms with van der Waals surface area (Å²) < 4.78 is 5.06. The summed E-state index contributed by atoms with van der Waals surface area (Å²) in [5.74, 6) is 0.615. The summed E-state index contributed by atoms with van der Waals surface area (Å²) >= 11 is 0. The Labute approximate surface area is 112 Å². The number of amides is 1. The summed E-state index contributed by atoms with van der Waals surface area (Å²) in [5.41, 5.74) is 3.16. The van der Waals surface area contributed by atoms with Gasteiger partial charge in [0.05, 0.1) is 11.3 Å². The van der Waals surface area contributed by atoms with E-state index in [0.29, 0.717) is 12.1 Å². The number of rotatable bonds is 4. The van der Waals surface area contributed by atoms with E-state index in [1.807, 2.05) is 32.0 Å². The fraction of sp³-hybridized carbons (Fsp3) is 0.286. The molecule has 5 heteroatoms. The van der Waals surface area contributed by atoms with Gasteiger partial charge in [0.2, 0.25) is 0 Å². The number of aromatic nitrogens is 1. The van der Waals surface area contributed by atoms with Crippen LogP contribution < -0.4 is 10.6 Å². The topological polar surface area (TPSA) is 67.2 Å². The monoisotopic (exact) mass is 259 g/mol. The number of anilines is 1. The minimum Gasteiger partial charge on any atom is -0.387 e. The van der Waals surface area contributed by atoms with E-state index in [4.69, 9.17) is 4.52 Å².